The Morgan fingerprint density at radius 3 is 2.13 bits per heavy atom. The van der Waals surface area contributed by atoms with Crippen molar-refractivity contribution in [3.05, 3.63) is 59.9 Å². The molecule has 7 nitrogen and oxygen atoms in total. The molecule has 156 valence electrons. The minimum absolute atomic E-state index is 0.149. The van der Waals surface area contributed by atoms with E-state index in [9.17, 15) is 4.57 Å². The molecule has 1 saturated heterocycles. The highest BCUT2D eigenvalue weighted by Gasteiger charge is 2.20. The average molecular weight is 443 g/mol. The maximum Gasteiger partial charge on any atom is 0.233 e. The van der Waals surface area contributed by atoms with Crippen molar-refractivity contribution in [2.24, 2.45) is 0 Å². The van der Waals surface area contributed by atoms with Gasteiger partial charge in [-0.15, -0.1) is 0 Å². The Hall–Kier alpha value is -2.63. The molecule has 1 aliphatic rings. The van der Waals surface area contributed by atoms with Gasteiger partial charge in [0.2, 0.25) is 17.2 Å². The molecule has 0 spiro atoms. The number of halogens is 1. The van der Waals surface area contributed by atoms with Gasteiger partial charge in [0, 0.05) is 42.9 Å². The Morgan fingerprint density at radius 2 is 1.50 bits per heavy atom. The molecule has 1 fully saturated rings. The van der Waals surface area contributed by atoms with E-state index < -0.39 is 7.14 Å². The van der Waals surface area contributed by atoms with Crippen molar-refractivity contribution in [2.75, 3.05) is 54.6 Å². The maximum atomic E-state index is 12.2. The fourth-order valence-corrected chi connectivity index (χ4v) is 4.40. The Kier molecular flexibility index (Phi) is 5.93. The number of hydrogen-bond acceptors (Lipinski definition) is 7. The SMILES string of the molecule is CP(C)(=O)c1ccc(Nc2nc(Cl)nc(N3CCN(c4ccccc4)CC3)n2)cc1. The van der Waals surface area contributed by atoms with E-state index in [4.69, 9.17) is 11.6 Å². The van der Waals surface area contributed by atoms with Gasteiger partial charge in [-0.25, -0.2) is 0 Å². The van der Waals surface area contributed by atoms with Crippen LogP contribution in [0.3, 0.4) is 0 Å². The first-order chi connectivity index (χ1) is 14.4. The summed E-state index contributed by atoms with van der Waals surface area (Å²) in [7, 11) is -2.28. The molecule has 9 heteroatoms. The smallest absolute Gasteiger partial charge is 0.233 e. The zero-order chi connectivity index (χ0) is 21.1. The van der Waals surface area contributed by atoms with E-state index >= 15 is 0 Å². The molecular weight excluding hydrogens is 419 g/mol. The summed E-state index contributed by atoms with van der Waals surface area (Å²) in [5.41, 5.74) is 2.02. The Labute approximate surface area is 181 Å². The molecule has 0 atom stereocenters. The Balaban J connectivity index is 1.45. The highest BCUT2D eigenvalue weighted by molar-refractivity contribution is 7.70. The molecule has 3 aromatic rings. The lowest BCUT2D eigenvalue weighted by molar-refractivity contribution is 0.588. The van der Waals surface area contributed by atoms with Crippen molar-refractivity contribution in [3.63, 3.8) is 0 Å². The molecule has 0 amide bonds. The molecule has 1 aromatic heterocycles. The molecule has 1 N–H and O–H groups in total. The molecule has 30 heavy (non-hydrogen) atoms. The Morgan fingerprint density at radius 1 is 0.867 bits per heavy atom. The number of anilines is 4. The minimum atomic E-state index is -2.28. The van der Waals surface area contributed by atoms with Crippen LogP contribution in [0.15, 0.2) is 54.6 Å². The first-order valence-electron chi connectivity index (χ1n) is 9.78. The number of aromatic nitrogens is 3. The van der Waals surface area contributed by atoms with Crippen LogP contribution in [0.2, 0.25) is 5.28 Å². The summed E-state index contributed by atoms with van der Waals surface area (Å²) in [6, 6.07) is 17.8. The number of nitrogens with one attached hydrogen (secondary N) is 1. The van der Waals surface area contributed by atoms with Gasteiger partial charge < -0.3 is 19.7 Å². The second-order valence-electron chi connectivity index (χ2n) is 7.56. The van der Waals surface area contributed by atoms with Gasteiger partial charge in [0.25, 0.3) is 0 Å². The Bertz CT molecular complexity index is 1050. The predicted octanol–water partition coefficient (Wildman–Crippen LogP) is 3.84. The van der Waals surface area contributed by atoms with E-state index in [0.29, 0.717) is 11.9 Å². The monoisotopic (exact) mass is 442 g/mol. The third-order valence-electron chi connectivity index (χ3n) is 5.03. The molecular formula is C21H24ClN6OP. The summed E-state index contributed by atoms with van der Waals surface area (Å²) in [6.07, 6.45) is 0. The third-order valence-corrected chi connectivity index (χ3v) is 6.74. The van der Waals surface area contributed by atoms with E-state index in [-0.39, 0.29) is 5.28 Å². The van der Waals surface area contributed by atoms with Crippen LogP contribution in [0.25, 0.3) is 0 Å². The fraction of sp³-hybridized carbons (Fsp3) is 0.286. The van der Waals surface area contributed by atoms with Crippen LogP contribution >= 0.6 is 18.7 Å². The van der Waals surface area contributed by atoms with Crippen molar-refractivity contribution >= 4 is 47.3 Å². The van der Waals surface area contributed by atoms with Crippen LogP contribution in [0, 0.1) is 0 Å². The lowest BCUT2D eigenvalue weighted by Crippen LogP contribution is -2.47. The minimum Gasteiger partial charge on any atom is -0.368 e. The largest absolute Gasteiger partial charge is 0.368 e. The van der Waals surface area contributed by atoms with E-state index in [0.717, 1.165) is 37.2 Å². The van der Waals surface area contributed by atoms with Crippen LogP contribution in [0.4, 0.5) is 23.3 Å². The molecule has 0 bridgehead atoms. The summed E-state index contributed by atoms with van der Waals surface area (Å²) in [5.74, 6) is 0.952. The molecule has 0 aliphatic carbocycles. The molecule has 2 heterocycles. The van der Waals surface area contributed by atoms with Gasteiger partial charge >= 0.3 is 0 Å². The standard InChI is InChI=1S/C21H24ClN6OP/c1-30(2,29)18-10-8-16(9-11-18)23-20-24-19(22)25-21(26-20)28-14-12-27(13-15-28)17-6-4-3-5-7-17/h3-11H,12-15H2,1-2H3,(H,23,24,25,26). The topological polar surface area (TPSA) is 74.2 Å². The van der Waals surface area contributed by atoms with E-state index in [1.54, 1.807) is 13.3 Å². The molecule has 4 rings (SSSR count). The zero-order valence-corrected chi connectivity index (χ0v) is 18.6. The van der Waals surface area contributed by atoms with Gasteiger partial charge in [0.15, 0.2) is 0 Å². The van der Waals surface area contributed by atoms with Crippen LogP contribution < -0.4 is 20.4 Å². The van der Waals surface area contributed by atoms with Crippen molar-refractivity contribution < 1.29 is 4.57 Å². The number of hydrogen-bond donors (Lipinski definition) is 1. The van der Waals surface area contributed by atoms with Crippen molar-refractivity contribution in [1.29, 1.82) is 0 Å². The number of benzene rings is 2. The molecule has 2 aromatic carbocycles. The van der Waals surface area contributed by atoms with Crippen LogP contribution in [0.1, 0.15) is 0 Å². The van der Waals surface area contributed by atoms with E-state index in [1.165, 1.54) is 5.69 Å². The molecule has 1 aliphatic heterocycles. The molecule has 0 radical (unpaired) electrons. The highest BCUT2D eigenvalue weighted by Crippen LogP contribution is 2.34. The molecule has 0 saturated carbocycles. The predicted molar refractivity (Wildman–Crippen MR) is 125 cm³/mol. The maximum absolute atomic E-state index is 12.2. The lowest BCUT2D eigenvalue weighted by Gasteiger charge is -2.36. The normalized spacial score (nSPS) is 14.6. The summed E-state index contributed by atoms with van der Waals surface area (Å²) in [5, 5.41) is 4.15. The average Bonchev–Trinajstić information content (AvgIpc) is 2.74. The number of piperazine rings is 1. The lowest BCUT2D eigenvalue weighted by atomic mass is 10.2. The van der Waals surface area contributed by atoms with Gasteiger partial charge in [-0.2, -0.15) is 15.0 Å². The van der Waals surface area contributed by atoms with Crippen LogP contribution in [-0.4, -0.2) is 54.5 Å². The van der Waals surface area contributed by atoms with Crippen LogP contribution in [-0.2, 0) is 4.57 Å². The van der Waals surface area contributed by atoms with Gasteiger partial charge in [0.1, 0.15) is 7.14 Å². The van der Waals surface area contributed by atoms with Crippen molar-refractivity contribution in [3.8, 4) is 0 Å². The number of rotatable bonds is 5. The van der Waals surface area contributed by atoms with E-state index in [1.807, 2.05) is 30.3 Å². The summed E-state index contributed by atoms with van der Waals surface area (Å²) in [6.45, 7) is 6.87. The van der Waals surface area contributed by atoms with Gasteiger partial charge in [-0.1, -0.05) is 18.2 Å². The zero-order valence-electron chi connectivity index (χ0n) is 17.0. The van der Waals surface area contributed by atoms with Gasteiger partial charge in [0.05, 0.1) is 0 Å². The fourth-order valence-electron chi connectivity index (χ4n) is 3.37. The van der Waals surface area contributed by atoms with Crippen molar-refractivity contribution in [1.82, 2.24) is 15.0 Å². The quantitative estimate of drug-likeness (QED) is 0.601. The second-order valence-corrected chi connectivity index (χ2v) is 11.1. The van der Waals surface area contributed by atoms with Gasteiger partial charge in [-0.3, -0.25) is 0 Å². The molecule has 0 unspecified atom stereocenters. The summed E-state index contributed by atoms with van der Waals surface area (Å²) < 4.78 is 12.2. The van der Waals surface area contributed by atoms with Crippen LogP contribution in [0.5, 0.6) is 0 Å². The summed E-state index contributed by atoms with van der Waals surface area (Å²) in [4.78, 5) is 17.5. The number of nitrogens with zero attached hydrogens (tertiary/aromatic N) is 5. The van der Waals surface area contributed by atoms with Crippen molar-refractivity contribution in [2.45, 2.75) is 0 Å². The third kappa shape index (κ3) is 4.91. The highest BCUT2D eigenvalue weighted by atomic mass is 35.5. The van der Waals surface area contributed by atoms with Gasteiger partial charge in [-0.05, 0) is 61.3 Å². The summed E-state index contributed by atoms with van der Waals surface area (Å²) >= 11 is 6.17. The second kappa shape index (κ2) is 8.62. The first-order valence-corrected chi connectivity index (χ1v) is 12.8. The number of para-hydroxylation sites is 1. The first kappa shape index (κ1) is 20.6. The van der Waals surface area contributed by atoms with E-state index in [2.05, 4.69) is 54.3 Å².